The fraction of sp³-hybridized carbons (Fsp3) is 0.303. The minimum absolute atomic E-state index is 0.125. The largest absolute Gasteiger partial charge is 0.465 e. The highest BCUT2D eigenvalue weighted by molar-refractivity contribution is 5.99. The van der Waals surface area contributed by atoms with Crippen molar-refractivity contribution < 1.29 is 14.3 Å². The number of benzene rings is 2. The van der Waals surface area contributed by atoms with Crippen LogP contribution in [-0.4, -0.2) is 24.6 Å². The van der Waals surface area contributed by atoms with Crippen LogP contribution in [-0.2, 0) is 9.53 Å². The molecule has 196 valence electrons. The predicted molar refractivity (Wildman–Crippen MR) is 157 cm³/mol. The van der Waals surface area contributed by atoms with Gasteiger partial charge in [0, 0.05) is 17.8 Å². The van der Waals surface area contributed by atoms with Gasteiger partial charge in [-0.3, -0.25) is 9.79 Å². The predicted octanol–water partition coefficient (Wildman–Crippen LogP) is 8.55. The number of hydrogen-bond acceptors (Lipinski definition) is 4. The van der Waals surface area contributed by atoms with E-state index in [2.05, 4.69) is 31.2 Å². The van der Waals surface area contributed by atoms with Crippen molar-refractivity contribution in [1.82, 2.24) is 0 Å². The normalized spacial score (nSPS) is 12.4. The van der Waals surface area contributed by atoms with Gasteiger partial charge in [-0.25, -0.2) is 4.79 Å². The maximum atomic E-state index is 11.5. The molecule has 0 saturated carbocycles. The summed E-state index contributed by atoms with van der Waals surface area (Å²) in [4.78, 5) is 26.9. The molecule has 0 aliphatic carbocycles. The van der Waals surface area contributed by atoms with Crippen LogP contribution in [0.2, 0.25) is 0 Å². The van der Waals surface area contributed by atoms with E-state index >= 15 is 0 Å². The summed E-state index contributed by atoms with van der Waals surface area (Å²) in [7, 11) is 1.38. The van der Waals surface area contributed by atoms with E-state index in [1.807, 2.05) is 70.2 Å². The van der Waals surface area contributed by atoms with Crippen LogP contribution in [0.4, 0.5) is 0 Å². The van der Waals surface area contributed by atoms with E-state index in [1.54, 1.807) is 25.3 Å². The summed E-state index contributed by atoms with van der Waals surface area (Å²) in [6.45, 7) is 19.4. The van der Waals surface area contributed by atoms with Crippen molar-refractivity contribution in [3.05, 3.63) is 108 Å². The molecule has 1 unspecified atom stereocenters. The molecule has 0 aliphatic rings. The summed E-state index contributed by atoms with van der Waals surface area (Å²) in [5.74, 6) is 0.0626. The maximum Gasteiger partial charge on any atom is 0.337 e. The van der Waals surface area contributed by atoms with Crippen LogP contribution in [0.1, 0.15) is 70.3 Å². The number of rotatable bonds is 10. The molecule has 37 heavy (non-hydrogen) atoms. The highest BCUT2D eigenvalue weighted by atomic mass is 16.5. The molecule has 4 heteroatoms. The molecule has 0 aromatic heterocycles. The molecule has 0 saturated heterocycles. The van der Waals surface area contributed by atoms with Gasteiger partial charge < -0.3 is 4.74 Å². The first-order valence-corrected chi connectivity index (χ1v) is 12.6. The Hall–Kier alpha value is -3.79. The SMILES string of the molecule is C/C=C(/CCC)C(C)C(C)=O.C=C(C)C(=C)/C=C\N=C(C)c1ccc(-c2ccc(C(=O)OC)cc2)cc1. The van der Waals surface area contributed by atoms with Crippen LogP contribution >= 0.6 is 0 Å². The first kappa shape index (κ1) is 31.2. The van der Waals surface area contributed by atoms with E-state index in [-0.39, 0.29) is 17.7 Å². The second-order valence-electron chi connectivity index (χ2n) is 8.93. The molecule has 1 atom stereocenters. The van der Waals surface area contributed by atoms with Crippen LogP contribution in [0, 0.1) is 5.92 Å². The number of hydrogen-bond donors (Lipinski definition) is 0. The van der Waals surface area contributed by atoms with E-state index in [9.17, 15) is 9.59 Å². The first-order valence-electron chi connectivity index (χ1n) is 12.6. The van der Waals surface area contributed by atoms with Crippen LogP contribution in [0.5, 0.6) is 0 Å². The number of esters is 1. The number of methoxy groups -OCH3 is 1. The zero-order chi connectivity index (χ0) is 28.0. The topological polar surface area (TPSA) is 55.7 Å². The Labute approximate surface area is 223 Å². The number of carbonyl (C=O) groups is 2. The number of allylic oxidation sites excluding steroid dienone is 5. The molecular formula is C33H41NO3. The molecule has 0 amide bonds. The van der Waals surface area contributed by atoms with Crippen LogP contribution in [0.3, 0.4) is 0 Å². The maximum absolute atomic E-state index is 11.5. The summed E-state index contributed by atoms with van der Waals surface area (Å²) in [5.41, 5.74) is 7.69. The molecule has 0 bridgehead atoms. The van der Waals surface area contributed by atoms with Gasteiger partial charge in [0.15, 0.2) is 0 Å². The Morgan fingerprint density at radius 3 is 1.86 bits per heavy atom. The van der Waals surface area contributed by atoms with Gasteiger partial charge in [0.05, 0.1) is 12.7 Å². The van der Waals surface area contributed by atoms with Crippen LogP contribution in [0.15, 0.2) is 102 Å². The Morgan fingerprint density at radius 1 is 0.946 bits per heavy atom. The third-order valence-electron chi connectivity index (χ3n) is 6.11. The number of carbonyl (C=O) groups excluding carboxylic acids is 2. The fourth-order valence-electron chi connectivity index (χ4n) is 3.44. The molecule has 2 aromatic carbocycles. The summed E-state index contributed by atoms with van der Waals surface area (Å²) in [5, 5.41) is 0. The van der Waals surface area contributed by atoms with Crippen molar-refractivity contribution in [2.24, 2.45) is 10.9 Å². The zero-order valence-electron chi connectivity index (χ0n) is 23.4. The van der Waals surface area contributed by atoms with Crippen LogP contribution in [0.25, 0.3) is 11.1 Å². The summed E-state index contributed by atoms with van der Waals surface area (Å²) in [6, 6.07) is 15.5. The van der Waals surface area contributed by atoms with Gasteiger partial charge in [0.2, 0.25) is 0 Å². The molecule has 0 fully saturated rings. The molecule has 2 rings (SSSR count). The van der Waals surface area contributed by atoms with E-state index in [0.29, 0.717) is 5.56 Å². The highest BCUT2D eigenvalue weighted by Crippen LogP contribution is 2.21. The Balaban J connectivity index is 0.000000525. The Kier molecular flexibility index (Phi) is 13.6. The second kappa shape index (κ2) is 16.1. The Morgan fingerprint density at radius 2 is 1.46 bits per heavy atom. The lowest BCUT2D eigenvalue weighted by Crippen LogP contribution is -2.09. The number of aliphatic imine (C=N–C) groups is 1. The van der Waals surface area contributed by atoms with Gasteiger partial charge in [-0.2, -0.15) is 0 Å². The van der Waals surface area contributed by atoms with Gasteiger partial charge in [0.25, 0.3) is 0 Å². The van der Waals surface area contributed by atoms with Gasteiger partial charge in [0.1, 0.15) is 5.78 Å². The van der Waals surface area contributed by atoms with E-state index < -0.39 is 0 Å². The number of ketones is 1. The molecule has 0 aliphatic heterocycles. The monoisotopic (exact) mass is 499 g/mol. The fourth-order valence-corrected chi connectivity index (χ4v) is 3.44. The van der Waals surface area contributed by atoms with Gasteiger partial charge in [-0.15, -0.1) is 0 Å². The standard InChI is InChI=1S/C23H23NO2.C10H18O/c1-16(2)17(3)14-15-24-18(4)19-6-8-20(9-7-19)21-10-12-22(13-11-21)23(25)26-5;1-5-7-10(6-2)8(3)9(4)11/h6-15H,1,3H2,2,4-5H3;6,8H,5,7H2,1-4H3/b15-14-,24-18?;10-6-. The lowest BCUT2D eigenvalue weighted by Gasteiger charge is -2.10. The van der Waals surface area contributed by atoms with Crippen LogP contribution < -0.4 is 0 Å². The van der Waals surface area contributed by atoms with Crippen molar-refractivity contribution >= 4 is 17.5 Å². The molecule has 4 nitrogen and oxygen atoms in total. The molecule has 0 heterocycles. The molecule has 2 aromatic rings. The lowest BCUT2D eigenvalue weighted by atomic mass is 9.94. The van der Waals surface area contributed by atoms with Crippen molar-refractivity contribution in [2.45, 2.75) is 54.4 Å². The van der Waals surface area contributed by atoms with Gasteiger partial charge in [-0.05, 0) is 74.6 Å². The minimum Gasteiger partial charge on any atom is -0.465 e. The average molecular weight is 500 g/mol. The smallest absolute Gasteiger partial charge is 0.337 e. The first-order chi connectivity index (χ1) is 17.5. The minimum atomic E-state index is -0.332. The zero-order valence-corrected chi connectivity index (χ0v) is 23.4. The number of nitrogens with zero attached hydrogens (tertiary/aromatic N) is 1. The van der Waals surface area contributed by atoms with Gasteiger partial charge >= 0.3 is 5.97 Å². The molecule has 0 radical (unpaired) electrons. The Bertz CT molecular complexity index is 1160. The van der Waals surface area contributed by atoms with E-state index in [4.69, 9.17) is 4.74 Å². The van der Waals surface area contributed by atoms with Crippen molar-refractivity contribution in [3.8, 4) is 11.1 Å². The number of ether oxygens (including phenoxy) is 1. The summed E-state index contributed by atoms with van der Waals surface area (Å²) < 4.78 is 4.72. The van der Waals surface area contributed by atoms with E-state index in [0.717, 1.165) is 46.4 Å². The summed E-state index contributed by atoms with van der Waals surface area (Å²) >= 11 is 0. The van der Waals surface area contributed by atoms with Crippen molar-refractivity contribution in [3.63, 3.8) is 0 Å². The van der Waals surface area contributed by atoms with Gasteiger partial charge in [-0.1, -0.05) is 87.0 Å². The number of Topliss-reactive ketones (excluding diaryl/α,β-unsaturated/α-hetero) is 1. The highest BCUT2D eigenvalue weighted by Gasteiger charge is 2.11. The van der Waals surface area contributed by atoms with Crippen molar-refractivity contribution in [1.29, 1.82) is 0 Å². The molecular weight excluding hydrogens is 458 g/mol. The third-order valence-corrected chi connectivity index (χ3v) is 6.11. The summed E-state index contributed by atoms with van der Waals surface area (Å²) in [6.07, 6.45) is 7.83. The quantitative estimate of drug-likeness (QED) is 0.142. The average Bonchev–Trinajstić information content (AvgIpc) is 2.91. The third kappa shape index (κ3) is 10.4. The van der Waals surface area contributed by atoms with E-state index in [1.165, 1.54) is 12.7 Å². The molecule has 0 spiro atoms. The molecule has 0 N–H and O–H groups in total. The second-order valence-corrected chi connectivity index (χ2v) is 8.93. The van der Waals surface area contributed by atoms with Crippen molar-refractivity contribution in [2.75, 3.05) is 7.11 Å². The lowest BCUT2D eigenvalue weighted by molar-refractivity contribution is -0.119.